The molecule has 2 bridgehead atoms. The van der Waals surface area contributed by atoms with E-state index in [0.29, 0.717) is 18.1 Å². The predicted octanol–water partition coefficient (Wildman–Crippen LogP) is 2.13. The Morgan fingerprint density at radius 1 is 1.03 bits per heavy atom. The lowest BCUT2D eigenvalue weighted by molar-refractivity contribution is 0.0430. The molecule has 2 heterocycles. The van der Waals surface area contributed by atoms with Gasteiger partial charge in [-0.3, -0.25) is 9.80 Å². The van der Waals surface area contributed by atoms with Crippen molar-refractivity contribution in [2.24, 2.45) is 0 Å². The van der Waals surface area contributed by atoms with E-state index in [4.69, 9.17) is 0 Å². The predicted molar refractivity (Wildman–Crippen MR) is 125 cm³/mol. The Morgan fingerprint density at radius 3 is 2.19 bits per heavy atom. The van der Waals surface area contributed by atoms with Gasteiger partial charge < -0.3 is 5.32 Å². The van der Waals surface area contributed by atoms with Gasteiger partial charge >= 0.3 is 16.2 Å². The van der Waals surface area contributed by atoms with Crippen LogP contribution in [0.15, 0.2) is 6.07 Å². The Balaban J connectivity index is 1.19. The van der Waals surface area contributed by atoms with Gasteiger partial charge in [0.05, 0.1) is 6.67 Å². The van der Waals surface area contributed by atoms with E-state index in [1.807, 2.05) is 0 Å². The van der Waals surface area contributed by atoms with Gasteiger partial charge in [0.25, 0.3) is 0 Å². The molecule has 8 nitrogen and oxygen atoms in total. The average molecular weight is 462 g/mol. The van der Waals surface area contributed by atoms with Gasteiger partial charge in [0.15, 0.2) is 0 Å². The normalized spacial score (nSPS) is 25.2. The minimum absolute atomic E-state index is 0.220. The second-order valence-corrected chi connectivity index (χ2v) is 11.6. The van der Waals surface area contributed by atoms with Gasteiger partial charge in [-0.2, -0.15) is 13.1 Å². The summed E-state index contributed by atoms with van der Waals surface area (Å²) < 4.78 is 29.9. The van der Waals surface area contributed by atoms with Gasteiger partial charge in [0, 0.05) is 36.9 Å². The van der Waals surface area contributed by atoms with Crippen LogP contribution in [0.2, 0.25) is 0 Å². The minimum atomic E-state index is -3.94. The third-order valence-corrected chi connectivity index (χ3v) is 8.59. The molecule has 2 aliphatic carbocycles. The molecule has 2 amide bonds. The van der Waals surface area contributed by atoms with Crippen LogP contribution in [-0.4, -0.2) is 62.1 Å². The largest absolute Gasteiger partial charge is 0.333 e. The Labute approximate surface area is 191 Å². The molecule has 2 unspecified atom stereocenters. The van der Waals surface area contributed by atoms with Gasteiger partial charge in [0.2, 0.25) is 0 Å². The Kier molecular flexibility index (Phi) is 5.94. The molecular weight excluding hydrogens is 426 g/mol. The number of hydrogen-bond acceptors (Lipinski definition) is 5. The van der Waals surface area contributed by atoms with Crippen LogP contribution in [0.4, 0.5) is 10.5 Å². The summed E-state index contributed by atoms with van der Waals surface area (Å²) in [7, 11) is -3.94. The van der Waals surface area contributed by atoms with Crippen LogP contribution in [0, 0.1) is 0 Å². The smallest absolute Gasteiger partial charge is 0.307 e. The highest BCUT2D eigenvalue weighted by atomic mass is 32.2. The number of hydrogen-bond donors (Lipinski definition) is 3. The summed E-state index contributed by atoms with van der Waals surface area (Å²) in [6.07, 6.45) is 8.44. The molecule has 1 aromatic carbocycles. The SMILES string of the molecule is CC(C)N1C2CCC1CN(CNS(=O)(=O)NC(=O)Nc1c3c(cc4c1CCC4)CCC3)C2. The molecule has 2 saturated heterocycles. The maximum atomic E-state index is 12.6. The third-order valence-electron chi connectivity index (χ3n) is 7.63. The topological polar surface area (TPSA) is 93.8 Å². The molecule has 4 aliphatic rings. The van der Waals surface area contributed by atoms with Gasteiger partial charge in [-0.15, -0.1) is 0 Å². The molecule has 9 heteroatoms. The fraction of sp³-hybridized carbons (Fsp3) is 0.696. The highest BCUT2D eigenvalue weighted by Crippen LogP contribution is 2.38. The molecule has 2 fully saturated rings. The van der Waals surface area contributed by atoms with Crippen LogP contribution in [0.5, 0.6) is 0 Å². The summed E-state index contributed by atoms with van der Waals surface area (Å²) >= 11 is 0. The number of nitrogens with zero attached hydrogens (tertiary/aromatic N) is 2. The number of carbonyl (C=O) groups excluding carboxylic acids is 1. The zero-order valence-corrected chi connectivity index (χ0v) is 19.9. The zero-order valence-electron chi connectivity index (χ0n) is 19.1. The number of rotatable bonds is 6. The Morgan fingerprint density at radius 2 is 1.62 bits per heavy atom. The van der Waals surface area contributed by atoms with E-state index in [9.17, 15) is 13.2 Å². The van der Waals surface area contributed by atoms with E-state index in [1.54, 1.807) is 0 Å². The van der Waals surface area contributed by atoms with E-state index >= 15 is 0 Å². The molecule has 2 atom stereocenters. The van der Waals surface area contributed by atoms with E-state index in [0.717, 1.165) is 57.3 Å². The highest BCUT2D eigenvalue weighted by molar-refractivity contribution is 7.88. The van der Waals surface area contributed by atoms with Gasteiger partial charge in [-0.1, -0.05) is 6.07 Å². The molecule has 2 aliphatic heterocycles. The zero-order chi connectivity index (χ0) is 22.5. The monoisotopic (exact) mass is 461 g/mol. The van der Waals surface area contributed by atoms with E-state index < -0.39 is 16.2 Å². The Hall–Kier alpha value is -1.68. The number of anilines is 1. The number of nitrogens with one attached hydrogen (secondary N) is 3. The van der Waals surface area contributed by atoms with Crippen LogP contribution in [-0.2, 0) is 35.9 Å². The van der Waals surface area contributed by atoms with Crippen LogP contribution in [0.3, 0.4) is 0 Å². The fourth-order valence-electron chi connectivity index (χ4n) is 6.44. The van der Waals surface area contributed by atoms with Crippen LogP contribution in [0.25, 0.3) is 0 Å². The average Bonchev–Trinajstić information content (AvgIpc) is 3.44. The number of urea groups is 1. The third kappa shape index (κ3) is 4.27. The first-order valence-electron chi connectivity index (χ1n) is 12.1. The first kappa shape index (κ1) is 22.1. The van der Waals surface area contributed by atoms with Crippen molar-refractivity contribution in [3.63, 3.8) is 0 Å². The molecule has 0 saturated carbocycles. The maximum Gasteiger partial charge on any atom is 0.333 e. The maximum absolute atomic E-state index is 12.6. The van der Waals surface area contributed by atoms with Gasteiger partial charge in [-0.05, 0) is 87.5 Å². The number of fused-ring (bicyclic) bond motifs is 4. The molecule has 1 aromatic rings. The molecule has 32 heavy (non-hydrogen) atoms. The molecule has 176 valence electrons. The van der Waals surface area contributed by atoms with Crippen molar-refractivity contribution in [3.8, 4) is 0 Å². The summed E-state index contributed by atoms with van der Waals surface area (Å²) in [6.45, 7) is 6.38. The second kappa shape index (κ2) is 8.59. The molecule has 5 rings (SSSR count). The van der Waals surface area contributed by atoms with Crippen molar-refractivity contribution >= 4 is 21.9 Å². The quantitative estimate of drug-likeness (QED) is 0.604. The molecule has 0 radical (unpaired) electrons. The molecule has 0 spiro atoms. The lowest BCUT2D eigenvalue weighted by Crippen LogP contribution is -2.58. The molecular formula is C23H35N5O3S. The summed E-state index contributed by atoms with van der Waals surface area (Å²) in [5.41, 5.74) is 5.82. The number of benzene rings is 1. The highest BCUT2D eigenvalue weighted by Gasteiger charge is 2.41. The van der Waals surface area contributed by atoms with Crippen LogP contribution >= 0.6 is 0 Å². The lowest BCUT2D eigenvalue weighted by atomic mass is 9.99. The lowest BCUT2D eigenvalue weighted by Gasteiger charge is -2.43. The van der Waals surface area contributed by atoms with Crippen molar-refractivity contribution in [2.45, 2.75) is 83.3 Å². The molecule has 3 N–H and O–H groups in total. The second-order valence-electron chi connectivity index (χ2n) is 10.1. The van der Waals surface area contributed by atoms with Crippen LogP contribution < -0.4 is 14.8 Å². The minimum Gasteiger partial charge on any atom is -0.307 e. The van der Waals surface area contributed by atoms with E-state index in [2.05, 4.69) is 44.5 Å². The van der Waals surface area contributed by atoms with Crippen LogP contribution in [0.1, 0.15) is 61.8 Å². The molecule has 0 aromatic heterocycles. The van der Waals surface area contributed by atoms with E-state index in [1.165, 1.54) is 35.1 Å². The standard InChI is InChI=1S/C23H35N5O3S/c1-15(2)28-18-9-10-19(28)13-27(12-18)14-24-32(30,31)26-23(29)25-22-20-7-3-5-16(20)11-17-6-4-8-21(17)22/h11,15,18-19,24H,3-10,12-14H2,1-2H3,(H2,25,26,29). The first-order valence-corrected chi connectivity index (χ1v) is 13.5. The Bertz CT molecular complexity index is 963. The number of amides is 2. The fourth-order valence-corrected chi connectivity index (χ4v) is 7.16. The van der Waals surface area contributed by atoms with Crippen molar-refractivity contribution < 1.29 is 13.2 Å². The van der Waals surface area contributed by atoms with Crippen molar-refractivity contribution in [1.29, 1.82) is 0 Å². The van der Waals surface area contributed by atoms with Gasteiger partial charge in [-0.25, -0.2) is 9.52 Å². The van der Waals surface area contributed by atoms with Crippen molar-refractivity contribution in [3.05, 3.63) is 28.3 Å². The van der Waals surface area contributed by atoms with E-state index in [-0.39, 0.29) is 6.67 Å². The van der Waals surface area contributed by atoms with Crippen molar-refractivity contribution in [2.75, 3.05) is 25.1 Å². The summed E-state index contributed by atoms with van der Waals surface area (Å²) in [4.78, 5) is 17.4. The number of aryl methyl sites for hydroxylation is 2. The number of piperazine rings is 1. The first-order chi connectivity index (χ1) is 15.3. The van der Waals surface area contributed by atoms with Gasteiger partial charge in [0.1, 0.15) is 0 Å². The summed E-state index contributed by atoms with van der Waals surface area (Å²) in [6, 6.07) is 3.08. The summed E-state index contributed by atoms with van der Waals surface area (Å²) in [5.74, 6) is 0. The summed E-state index contributed by atoms with van der Waals surface area (Å²) in [5, 5.41) is 2.89. The van der Waals surface area contributed by atoms with Crippen molar-refractivity contribution in [1.82, 2.24) is 19.2 Å². The number of likely N-dealkylation sites (tertiary alicyclic amines) is 1. The number of carbonyl (C=O) groups is 1.